The second-order valence-electron chi connectivity index (χ2n) is 6.07. The SMILES string of the molecule is CC(C)(NC(=O)Nc1cccc(Cl)c1)c1ccc2c(c1)OCCO2. The summed E-state index contributed by atoms with van der Waals surface area (Å²) in [6, 6.07) is 12.4. The maximum absolute atomic E-state index is 12.3. The van der Waals surface area contributed by atoms with E-state index in [0.717, 1.165) is 11.3 Å². The Hall–Kier alpha value is -2.40. The van der Waals surface area contributed by atoms with Gasteiger partial charge < -0.3 is 20.1 Å². The number of carbonyl (C=O) groups is 1. The van der Waals surface area contributed by atoms with E-state index in [-0.39, 0.29) is 6.03 Å². The van der Waals surface area contributed by atoms with Gasteiger partial charge in [0.25, 0.3) is 0 Å². The normalized spacial score (nSPS) is 13.3. The number of hydrogen-bond donors (Lipinski definition) is 2. The Balaban J connectivity index is 1.72. The van der Waals surface area contributed by atoms with Crippen molar-refractivity contribution in [1.82, 2.24) is 5.32 Å². The maximum atomic E-state index is 12.3. The van der Waals surface area contributed by atoms with Gasteiger partial charge in [-0.3, -0.25) is 0 Å². The quantitative estimate of drug-likeness (QED) is 0.877. The number of ether oxygens (including phenoxy) is 2. The summed E-state index contributed by atoms with van der Waals surface area (Å²) in [5.41, 5.74) is 0.976. The second-order valence-corrected chi connectivity index (χ2v) is 6.51. The zero-order valence-electron chi connectivity index (χ0n) is 13.6. The molecular weight excluding hydrogens is 328 g/mol. The number of benzene rings is 2. The number of anilines is 1. The first kappa shape index (κ1) is 16.5. The molecule has 2 aromatic rings. The molecule has 0 spiro atoms. The van der Waals surface area contributed by atoms with Gasteiger partial charge in [-0.25, -0.2) is 4.79 Å². The largest absolute Gasteiger partial charge is 0.486 e. The summed E-state index contributed by atoms with van der Waals surface area (Å²) in [5, 5.41) is 6.31. The molecule has 0 atom stereocenters. The molecule has 126 valence electrons. The highest BCUT2D eigenvalue weighted by Crippen LogP contribution is 2.34. The summed E-state index contributed by atoms with van der Waals surface area (Å²) in [6.45, 7) is 4.93. The van der Waals surface area contributed by atoms with Gasteiger partial charge >= 0.3 is 6.03 Å². The molecule has 2 aromatic carbocycles. The van der Waals surface area contributed by atoms with Crippen molar-refractivity contribution in [2.24, 2.45) is 0 Å². The van der Waals surface area contributed by atoms with Crippen molar-refractivity contribution >= 4 is 23.3 Å². The van der Waals surface area contributed by atoms with E-state index >= 15 is 0 Å². The van der Waals surface area contributed by atoms with Crippen molar-refractivity contribution in [3.8, 4) is 11.5 Å². The van der Waals surface area contributed by atoms with Gasteiger partial charge in [-0.1, -0.05) is 23.7 Å². The van der Waals surface area contributed by atoms with Crippen LogP contribution in [0.15, 0.2) is 42.5 Å². The number of fused-ring (bicyclic) bond motifs is 1. The zero-order valence-corrected chi connectivity index (χ0v) is 14.3. The maximum Gasteiger partial charge on any atom is 0.319 e. The molecule has 0 saturated carbocycles. The van der Waals surface area contributed by atoms with Crippen LogP contribution in [-0.2, 0) is 5.54 Å². The first-order valence-electron chi connectivity index (χ1n) is 7.69. The van der Waals surface area contributed by atoms with Gasteiger partial charge in [0.1, 0.15) is 13.2 Å². The lowest BCUT2D eigenvalue weighted by Gasteiger charge is -2.28. The highest BCUT2D eigenvalue weighted by atomic mass is 35.5. The lowest BCUT2D eigenvalue weighted by atomic mass is 9.94. The lowest BCUT2D eigenvalue weighted by Crippen LogP contribution is -2.43. The summed E-state index contributed by atoms with van der Waals surface area (Å²) in [5.74, 6) is 1.42. The molecule has 0 radical (unpaired) electrons. The molecule has 1 aliphatic rings. The number of hydrogen-bond acceptors (Lipinski definition) is 3. The number of urea groups is 1. The number of carbonyl (C=O) groups excluding carboxylic acids is 1. The highest BCUT2D eigenvalue weighted by molar-refractivity contribution is 6.30. The van der Waals surface area contributed by atoms with Crippen molar-refractivity contribution in [3.63, 3.8) is 0 Å². The Labute approximate surface area is 145 Å². The second kappa shape index (κ2) is 6.61. The molecule has 6 heteroatoms. The number of halogens is 1. The van der Waals surface area contributed by atoms with Crippen molar-refractivity contribution in [2.45, 2.75) is 19.4 Å². The minimum absolute atomic E-state index is 0.308. The molecule has 0 fully saturated rings. The van der Waals surface area contributed by atoms with Crippen LogP contribution in [0.2, 0.25) is 5.02 Å². The van der Waals surface area contributed by atoms with E-state index in [1.807, 2.05) is 32.0 Å². The Kier molecular flexibility index (Phi) is 4.53. The molecule has 3 rings (SSSR count). The van der Waals surface area contributed by atoms with E-state index in [1.54, 1.807) is 24.3 Å². The van der Waals surface area contributed by atoms with Crippen LogP contribution >= 0.6 is 11.6 Å². The Morgan fingerprint density at radius 1 is 1.08 bits per heavy atom. The Morgan fingerprint density at radius 2 is 1.83 bits per heavy atom. The molecule has 0 saturated heterocycles. The summed E-state index contributed by atoms with van der Waals surface area (Å²) in [6.07, 6.45) is 0. The molecule has 0 bridgehead atoms. The Bertz CT molecular complexity index is 762. The average molecular weight is 347 g/mol. The molecule has 24 heavy (non-hydrogen) atoms. The fourth-order valence-corrected chi connectivity index (χ4v) is 2.71. The molecule has 1 heterocycles. The molecule has 5 nitrogen and oxygen atoms in total. The minimum atomic E-state index is -0.585. The molecule has 2 N–H and O–H groups in total. The van der Waals surface area contributed by atoms with Gasteiger partial charge in [-0.15, -0.1) is 0 Å². The van der Waals surface area contributed by atoms with Crippen LogP contribution in [0.3, 0.4) is 0 Å². The number of amides is 2. The molecule has 0 aliphatic carbocycles. The third-order valence-corrected chi connectivity index (χ3v) is 4.01. The molecule has 0 unspecified atom stereocenters. The van der Waals surface area contributed by atoms with Crippen LogP contribution in [0.4, 0.5) is 10.5 Å². The van der Waals surface area contributed by atoms with E-state index in [1.165, 1.54) is 0 Å². The monoisotopic (exact) mass is 346 g/mol. The van der Waals surface area contributed by atoms with Gasteiger partial charge in [-0.05, 0) is 49.7 Å². The van der Waals surface area contributed by atoms with E-state index in [4.69, 9.17) is 21.1 Å². The summed E-state index contributed by atoms with van der Waals surface area (Å²) >= 11 is 5.93. The van der Waals surface area contributed by atoms with E-state index in [9.17, 15) is 4.79 Å². The van der Waals surface area contributed by atoms with Crippen LogP contribution in [0, 0.1) is 0 Å². The number of rotatable bonds is 3. The van der Waals surface area contributed by atoms with Crippen molar-refractivity contribution < 1.29 is 14.3 Å². The van der Waals surface area contributed by atoms with Crippen molar-refractivity contribution in [3.05, 3.63) is 53.1 Å². The summed E-state index contributed by atoms with van der Waals surface area (Å²) in [7, 11) is 0. The number of nitrogens with one attached hydrogen (secondary N) is 2. The molecular formula is C18H19ClN2O3. The predicted molar refractivity (Wildman–Crippen MR) is 94.1 cm³/mol. The Morgan fingerprint density at radius 3 is 2.58 bits per heavy atom. The third kappa shape index (κ3) is 3.74. The first-order valence-corrected chi connectivity index (χ1v) is 8.07. The molecule has 0 aromatic heterocycles. The van der Waals surface area contributed by atoms with Gasteiger partial charge in [0.05, 0.1) is 5.54 Å². The lowest BCUT2D eigenvalue weighted by molar-refractivity contribution is 0.171. The molecule has 2 amide bonds. The van der Waals surface area contributed by atoms with Gasteiger partial charge in [0.2, 0.25) is 0 Å². The smallest absolute Gasteiger partial charge is 0.319 e. The summed E-state index contributed by atoms with van der Waals surface area (Å²) in [4.78, 5) is 12.3. The highest BCUT2D eigenvalue weighted by Gasteiger charge is 2.25. The standard InChI is InChI=1S/C18H19ClN2O3/c1-18(2,12-6-7-15-16(10-12)24-9-8-23-15)21-17(22)20-14-5-3-4-13(19)11-14/h3-7,10-11H,8-9H2,1-2H3,(H2,20,21,22). The van der Waals surface area contributed by atoms with Crippen LogP contribution in [0.1, 0.15) is 19.4 Å². The van der Waals surface area contributed by atoms with Crippen LogP contribution in [0.25, 0.3) is 0 Å². The fourth-order valence-electron chi connectivity index (χ4n) is 2.52. The fraction of sp³-hybridized carbons (Fsp3) is 0.278. The van der Waals surface area contributed by atoms with E-state index in [0.29, 0.717) is 29.7 Å². The van der Waals surface area contributed by atoms with Crippen LogP contribution in [0.5, 0.6) is 11.5 Å². The van der Waals surface area contributed by atoms with Crippen molar-refractivity contribution in [2.75, 3.05) is 18.5 Å². The van der Waals surface area contributed by atoms with Crippen molar-refractivity contribution in [1.29, 1.82) is 0 Å². The van der Waals surface area contributed by atoms with E-state index < -0.39 is 5.54 Å². The van der Waals surface area contributed by atoms with Gasteiger partial charge in [0, 0.05) is 10.7 Å². The zero-order chi connectivity index (χ0) is 17.2. The predicted octanol–water partition coefficient (Wildman–Crippen LogP) is 4.17. The van der Waals surface area contributed by atoms with Gasteiger partial charge in [-0.2, -0.15) is 0 Å². The van der Waals surface area contributed by atoms with Gasteiger partial charge in [0.15, 0.2) is 11.5 Å². The summed E-state index contributed by atoms with van der Waals surface area (Å²) < 4.78 is 11.1. The average Bonchev–Trinajstić information content (AvgIpc) is 2.53. The van der Waals surface area contributed by atoms with Crippen LogP contribution in [-0.4, -0.2) is 19.2 Å². The minimum Gasteiger partial charge on any atom is -0.486 e. The van der Waals surface area contributed by atoms with Crippen LogP contribution < -0.4 is 20.1 Å². The topological polar surface area (TPSA) is 59.6 Å². The first-order chi connectivity index (χ1) is 11.4. The third-order valence-electron chi connectivity index (χ3n) is 3.77. The van der Waals surface area contributed by atoms with E-state index in [2.05, 4.69) is 10.6 Å². The molecule has 1 aliphatic heterocycles.